The molecule has 3 heterocycles. The number of aryl methyl sites for hydroxylation is 1. The van der Waals surface area contributed by atoms with Crippen LogP contribution in [0.15, 0.2) is 54.9 Å². The van der Waals surface area contributed by atoms with Gasteiger partial charge in [0.2, 0.25) is 5.88 Å². The monoisotopic (exact) mass is 377 g/mol. The van der Waals surface area contributed by atoms with E-state index in [0.717, 1.165) is 11.4 Å². The molecule has 0 spiro atoms. The third-order valence-corrected chi connectivity index (χ3v) is 4.01. The Morgan fingerprint density at radius 3 is 2.64 bits per heavy atom. The first-order valence-corrected chi connectivity index (χ1v) is 8.98. The van der Waals surface area contributed by atoms with Gasteiger partial charge in [-0.3, -0.25) is 9.78 Å². The van der Waals surface area contributed by atoms with Crippen molar-refractivity contribution in [1.29, 1.82) is 0 Å². The van der Waals surface area contributed by atoms with Gasteiger partial charge in [0.25, 0.3) is 5.91 Å². The first kappa shape index (κ1) is 19.3. The van der Waals surface area contributed by atoms with E-state index in [9.17, 15) is 4.79 Å². The van der Waals surface area contributed by atoms with Crippen LogP contribution in [0.5, 0.6) is 5.88 Å². The molecule has 3 rings (SSSR count). The van der Waals surface area contributed by atoms with Crippen LogP contribution in [0.4, 0.5) is 11.5 Å². The van der Waals surface area contributed by atoms with Crippen molar-refractivity contribution in [2.75, 3.05) is 30.9 Å². The summed E-state index contributed by atoms with van der Waals surface area (Å²) in [6.07, 6.45) is 4.04. The molecule has 1 N–H and O–H groups in total. The van der Waals surface area contributed by atoms with Gasteiger partial charge in [0.1, 0.15) is 5.82 Å². The fraction of sp³-hybridized carbons (Fsp3) is 0.238. The van der Waals surface area contributed by atoms with Crippen LogP contribution in [-0.4, -0.2) is 41.6 Å². The Bertz CT molecular complexity index is 927. The number of anilines is 2. The van der Waals surface area contributed by atoms with Gasteiger partial charge < -0.3 is 15.0 Å². The zero-order valence-corrected chi connectivity index (χ0v) is 16.2. The second kappa shape index (κ2) is 8.94. The number of nitrogens with zero attached hydrogens (tertiary/aromatic N) is 4. The van der Waals surface area contributed by atoms with Crippen molar-refractivity contribution in [1.82, 2.24) is 15.0 Å². The summed E-state index contributed by atoms with van der Waals surface area (Å²) >= 11 is 0. The molecule has 7 heteroatoms. The smallest absolute Gasteiger partial charge is 0.259 e. The van der Waals surface area contributed by atoms with Gasteiger partial charge in [-0.25, -0.2) is 9.97 Å². The standard InChI is InChI=1S/C21H23N5O2/c1-15-7-9-18(20(24-15)26(2)3)21(27)25-17-8-10-19(23-14-17)28-13-11-16-6-4-5-12-22-16/h4-10,12,14H,11,13H2,1-3H3,(H,25,27). The Morgan fingerprint density at radius 2 is 1.96 bits per heavy atom. The molecular weight excluding hydrogens is 354 g/mol. The van der Waals surface area contributed by atoms with E-state index < -0.39 is 0 Å². The van der Waals surface area contributed by atoms with E-state index in [1.165, 1.54) is 0 Å². The van der Waals surface area contributed by atoms with Gasteiger partial charge in [0, 0.05) is 44.2 Å². The lowest BCUT2D eigenvalue weighted by molar-refractivity contribution is 0.102. The highest BCUT2D eigenvalue weighted by Gasteiger charge is 2.15. The molecule has 0 radical (unpaired) electrons. The maximum Gasteiger partial charge on any atom is 0.259 e. The predicted molar refractivity (Wildman–Crippen MR) is 109 cm³/mol. The highest BCUT2D eigenvalue weighted by molar-refractivity contribution is 6.07. The number of nitrogens with one attached hydrogen (secondary N) is 1. The van der Waals surface area contributed by atoms with Gasteiger partial charge in [0.15, 0.2) is 0 Å². The fourth-order valence-electron chi connectivity index (χ4n) is 2.61. The molecule has 0 aliphatic heterocycles. The number of rotatable bonds is 7. The van der Waals surface area contributed by atoms with E-state index in [-0.39, 0.29) is 5.91 Å². The minimum Gasteiger partial charge on any atom is -0.477 e. The highest BCUT2D eigenvalue weighted by Crippen LogP contribution is 2.19. The van der Waals surface area contributed by atoms with Gasteiger partial charge in [-0.15, -0.1) is 0 Å². The summed E-state index contributed by atoms with van der Waals surface area (Å²) in [7, 11) is 3.72. The SMILES string of the molecule is Cc1ccc(C(=O)Nc2ccc(OCCc3ccccn3)nc2)c(N(C)C)n1. The van der Waals surface area contributed by atoms with Crippen LogP contribution in [0.3, 0.4) is 0 Å². The fourth-order valence-corrected chi connectivity index (χ4v) is 2.61. The lowest BCUT2D eigenvalue weighted by Gasteiger charge is -2.16. The predicted octanol–water partition coefficient (Wildman–Crippen LogP) is 3.12. The lowest BCUT2D eigenvalue weighted by atomic mass is 10.2. The normalized spacial score (nSPS) is 10.4. The van der Waals surface area contributed by atoms with E-state index in [1.807, 2.05) is 50.2 Å². The van der Waals surface area contributed by atoms with E-state index in [1.54, 1.807) is 30.6 Å². The molecule has 3 aromatic rings. The average Bonchev–Trinajstić information content (AvgIpc) is 2.70. The van der Waals surface area contributed by atoms with E-state index in [4.69, 9.17) is 4.74 Å². The molecule has 28 heavy (non-hydrogen) atoms. The van der Waals surface area contributed by atoms with Gasteiger partial charge in [-0.2, -0.15) is 0 Å². The van der Waals surface area contributed by atoms with Crippen LogP contribution in [0.1, 0.15) is 21.7 Å². The third kappa shape index (κ3) is 5.03. The molecule has 0 fully saturated rings. The molecule has 0 aliphatic carbocycles. The Hall–Kier alpha value is -3.48. The Balaban J connectivity index is 1.59. The summed E-state index contributed by atoms with van der Waals surface area (Å²) in [5, 5.41) is 2.85. The maximum absolute atomic E-state index is 12.6. The number of aromatic nitrogens is 3. The quantitative estimate of drug-likeness (QED) is 0.681. The van der Waals surface area contributed by atoms with Crippen molar-refractivity contribution in [3.05, 3.63) is 71.8 Å². The largest absolute Gasteiger partial charge is 0.477 e. The van der Waals surface area contributed by atoms with Crippen LogP contribution in [0, 0.1) is 6.92 Å². The first-order valence-electron chi connectivity index (χ1n) is 8.98. The van der Waals surface area contributed by atoms with Gasteiger partial charge in [-0.1, -0.05) is 6.07 Å². The number of ether oxygens (including phenoxy) is 1. The topological polar surface area (TPSA) is 80.2 Å². The van der Waals surface area contributed by atoms with Crippen molar-refractivity contribution in [2.24, 2.45) is 0 Å². The summed E-state index contributed by atoms with van der Waals surface area (Å²) in [5.74, 6) is 0.890. The summed E-state index contributed by atoms with van der Waals surface area (Å²) < 4.78 is 5.64. The second-order valence-corrected chi connectivity index (χ2v) is 6.48. The zero-order valence-electron chi connectivity index (χ0n) is 16.2. The minimum atomic E-state index is -0.234. The van der Waals surface area contributed by atoms with Crippen molar-refractivity contribution in [3.63, 3.8) is 0 Å². The van der Waals surface area contributed by atoms with Crippen molar-refractivity contribution in [3.8, 4) is 5.88 Å². The number of amides is 1. The summed E-state index contributed by atoms with van der Waals surface area (Å²) in [6.45, 7) is 2.38. The van der Waals surface area contributed by atoms with E-state index in [0.29, 0.717) is 36.0 Å². The third-order valence-electron chi connectivity index (χ3n) is 4.01. The Kier molecular flexibility index (Phi) is 6.16. The number of hydrogen-bond acceptors (Lipinski definition) is 6. The van der Waals surface area contributed by atoms with Crippen LogP contribution < -0.4 is 15.0 Å². The van der Waals surface area contributed by atoms with Gasteiger partial charge in [-0.05, 0) is 37.3 Å². The molecule has 0 unspecified atom stereocenters. The average molecular weight is 377 g/mol. The molecule has 0 bridgehead atoms. The van der Waals surface area contributed by atoms with Gasteiger partial charge >= 0.3 is 0 Å². The first-order chi connectivity index (χ1) is 13.5. The van der Waals surface area contributed by atoms with Crippen LogP contribution in [0.25, 0.3) is 0 Å². The van der Waals surface area contributed by atoms with Crippen molar-refractivity contribution >= 4 is 17.4 Å². The summed E-state index contributed by atoms with van der Waals surface area (Å²) in [5.41, 5.74) is 2.92. The molecular formula is C21H23N5O2. The van der Waals surface area contributed by atoms with Gasteiger partial charge in [0.05, 0.1) is 24.1 Å². The highest BCUT2D eigenvalue weighted by atomic mass is 16.5. The number of carbonyl (C=O) groups is 1. The molecule has 0 aliphatic rings. The summed E-state index contributed by atoms with van der Waals surface area (Å²) in [6, 6.07) is 12.9. The maximum atomic E-state index is 12.6. The van der Waals surface area contributed by atoms with Crippen LogP contribution in [-0.2, 0) is 6.42 Å². The van der Waals surface area contributed by atoms with E-state index in [2.05, 4.69) is 20.3 Å². The Morgan fingerprint density at radius 1 is 1.11 bits per heavy atom. The molecule has 0 atom stereocenters. The number of carbonyl (C=O) groups excluding carboxylic acids is 1. The Labute approximate surface area is 164 Å². The van der Waals surface area contributed by atoms with Crippen molar-refractivity contribution < 1.29 is 9.53 Å². The minimum absolute atomic E-state index is 0.234. The molecule has 0 aromatic carbocycles. The second-order valence-electron chi connectivity index (χ2n) is 6.48. The van der Waals surface area contributed by atoms with Crippen LogP contribution in [0.2, 0.25) is 0 Å². The lowest BCUT2D eigenvalue weighted by Crippen LogP contribution is -2.20. The molecule has 0 saturated carbocycles. The van der Waals surface area contributed by atoms with Crippen molar-refractivity contribution in [2.45, 2.75) is 13.3 Å². The number of pyridine rings is 3. The summed E-state index contributed by atoms with van der Waals surface area (Å²) in [4.78, 5) is 27.4. The zero-order chi connectivity index (χ0) is 19.9. The molecule has 144 valence electrons. The molecule has 0 saturated heterocycles. The molecule has 7 nitrogen and oxygen atoms in total. The van der Waals surface area contributed by atoms with E-state index >= 15 is 0 Å². The number of hydrogen-bond donors (Lipinski definition) is 1. The van der Waals surface area contributed by atoms with Crippen LogP contribution >= 0.6 is 0 Å². The molecule has 3 aromatic heterocycles. The molecule has 1 amide bonds.